The second kappa shape index (κ2) is 9.18. The standard InChI is InChI=1S/C11H21S/c1-3-5-6-7-8-10-11(12)9-4-2/h2-10H2,1H3. The molecule has 0 atom stereocenters. The number of hydrogen-bond acceptors (Lipinski definition) is 1. The van der Waals surface area contributed by atoms with E-state index < -0.39 is 0 Å². The summed E-state index contributed by atoms with van der Waals surface area (Å²) in [7, 11) is 0. The van der Waals surface area contributed by atoms with E-state index in [4.69, 9.17) is 12.2 Å². The van der Waals surface area contributed by atoms with E-state index in [1.54, 1.807) is 0 Å². The van der Waals surface area contributed by atoms with E-state index in [-0.39, 0.29) is 0 Å². The van der Waals surface area contributed by atoms with E-state index in [0.29, 0.717) is 0 Å². The highest BCUT2D eigenvalue weighted by Crippen LogP contribution is 2.07. The van der Waals surface area contributed by atoms with Crippen molar-refractivity contribution in [3.8, 4) is 0 Å². The molecule has 0 aliphatic carbocycles. The van der Waals surface area contributed by atoms with E-state index in [1.807, 2.05) is 0 Å². The molecule has 0 heterocycles. The van der Waals surface area contributed by atoms with Crippen molar-refractivity contribution in [2.75, 3.05) is 0 Å². The second-order valence-corrected chi connectivity index (χ2v) is 3.88. The fraction of sp³-hybridized carbons (Fsp3) is 0.818. The van der Waals surface area contributed by atoms with Crippen LogP contribution in [-0.2, 0) is 0 Å². The molecule has 0 saturated carbocycles. The van der Waals surface area contributed by atoms with Crippen molar-refractivity contribution in [3.63, 3.8) is 0 Å². The van der Waals surface area contributed by atoms with Crippen LogP contribution in [0.1, 0.15) is 58.3 Å². The molecule has 0 aromatic rings. The van der Waals surface area contributed by atoms with Gasteiger partial charge in [0.1, 0.15) is 0 Å². The summed E-state index contributed by atoms with van der Waals surface area (Å²) in [5.41, 5.74) is 0. The van der Waals surface area contributed by atoms with Crippen molar-refractivity contribution in [1.82, 2.24) is 0 Å². The average molecular weight is 185 g/mol. The lowest BCUT2D eigenvalue weighted by Gasteiger charge is -2.01. The zero-order valence-corrected chi connectivity index (χ0v) is 9.09. The first-order valence-electron chi connectivity index (χ1n) is 5.12. The summed E-state index contributed by atoms with van der Waals surface area (Å²) in [4.78, 5) is 1.22. The Hall–Kier alpha value is 0.0900. The number of rotatable bonds is 8. The molecule has 0 saturated heterocycles. The minimum atomic E-state index is 0.966. The van der Waals surface area contributed by atoms with E-state index in [1.165, 1.54) is 37.0 Å². The monoisotopic (exact) mass is 185 g/mol. The van der Waals surface area contributed by atoms with Gasteiger partial charge in [-0.15, -0.1) is 0 Å². The maximum absolute atomic E-state index is 5.19. The molecule has 0 N–H and O–H groups in total. The van der Waals surface area contributed by atoms with Crippen molar-refractivity contribution in [3.05, 3.63) is 6.92 Å². The normalized spacial score (nSPS) is 10.2. The van der Waals surface area contributed by atoms with Crippen molar-refractivity contribution >= 4 is 17.1 Å². The highest BCUT2D eigenvalue weighted by atomic mass is 32.1. The molecule has 1 heteroatoms. The lowest BCUT2D eigenvalue weighted by Crippen LogP contribution is -1.93. The first-order valence-corrected chi connectivity index (χ1v) is 5.53. The molecular weight excluding hydrogens is 164 g/mol. The third-order valence-corrected chi connectivity index (χ3v) is 2.42. The lowest BCUT2D eigenvalue weighted by molar-refractivity contribution is 0.643. The van der Waals surface area contributed by atoms with Gasteiger partial charge in [-0.05, 0) is 30.5 Å². The first kappa shape index (κ1) is 12.1. The summed E-state index contributed by atoms with van der Waals surface area (Å²) in [6.07, 6.45) is 9.88. The molecule has 0 aromatic heterocycles. The van der Waals surface area contributed by atoms with Crippen molar-refractivity contribution in [2.24, 2.45) is 0 Å². The van der Waals surface area contributed by atoms with Crippen molar-refractivity contribution in [2.45, 2.75) is 58.3 Å². The molecule has 71 valence electrons. The van der Waals surface area contributed by atoms with Gasteiger partial charge < -0.3 is 0 Å². The Kier molecular flexibility index (Phi) is 9.25. The summed E-state index contributed by atoms with van der Waals surface area (Å²) in [5, 5.41) is 0. The molecule has 0 aromatic carbocycles. The van der Waals surface area contributed by atoms with Gasteiger partial charge in [-0.2, -0.15) is 0 Å². The fourth-order valence-electron chi connectivity index (χ4n) is 1.25. The lowest BCUT2D eigenvalue weighted by atomic mass is 10.1. The van der Waals surface area contributed by atoms with Crippen LogP contribution in [0, 0.1) is 6.92 Å². The van der Waals surface area contributed by atoms with Gasteiger partial charge in [0, 0.05) is 0 Å². The van der Waals surface area contributed by atoms with Crippen LogP contribution < -0.4 is 0 Å². The molecule has 0 amide bonds. The molecule has 0 bridgehead atoms. The third-order valence-electron chi connectivity index (χ3n) is 2.01. The molecule has 0 spiro atoms. The van der Waals surface area contributed by atoms with Crippen LogP contribution in [0.3, 0.4) is 0 Å². The Labute approximate surface area is 82.7 Å². The van der Waals surface area contributed by atoms with Crippen LogP contribution in [0.4, 0.5) is 0 Å². The Bertz CT molecular complexity index is 108. The van der Waals surface area contributed by atoms with E-state index in [9.17, 15) is 0 Å². The topological polar surface area (TPSA) is 0 Å². The third kappa shape index (κ3) is 8.19. The van der Waals surface area contributed by atoms with Crippen molar-refractivity contribution < 1.29 is 0 Å². The minimum absolute atomic E-state index is 0.966. The van der Waals surface area contributed by atoms with Gasteiger partial charge in [-0.1, -0.05) is 51.7 Å². The summed E-state index contributed by atoms with van der Waals surface area (Å²) >= 11 is 5.19. The predicted molar refractivity (Wildman–Crippen MR) is 60.6 cm³/mol. The Balaban J connectivity index is 3.03. The smallest absolute Gasteiger partial charge is 0.00715 e. The van der Waals surface area contributed by atoms with Crippen LogP contribution in [0.5, 0.6) is 0 Å². The van der Waals surface area contributed by atoms with Crippen molar-refractivity contribution in [1.29, 1.82) is 0 Å². The molecular formula is C11H21S. The van der Waals surface area contributed by atoms with Crippen LogP contribution in [0.25, 0.3) is 0 Å². The molecule has 1 radical (unpaired) electrons. The quantitative estimate of drug-likeness (QED) is 0.400. The summed E-state index contributed by atoms with van der Waals surface area (Å²) in [5.74, 6) is 0. The molecule has 0 unspecified atom stereocenters. The Morgan fingerprint density at radius 3 is 2.33 bits per heavy atom. The Morgan fingerprint density at radius 2 is 1.75 bits per heavy atom. The van der Waals surface area contributed by atoms with Gasteiger partial charge in [0.05, 0.1) is 0 Å². The number of thiocarbonyl (C=S) groups is 1. The molecule has 0 aliphatic rings. The summed E-state index contributed by atoms with van der Waals surface area (Å²) in [6, 6.07) is 0. The largest absolute Gasteiger partial charge is 0.0897 e. The zero-order chi connectivity index (χ0) is 9.23. The fourth-order valence-corrected chi connectivity index (χ4v) is 1.54. The summed E-state index contributed by atoms with van der Waals surface area (Å²) < 4.78 is 0. The highest BCUT2D eigenvalue weighted by Gasteiger charge is 1.95. The van der Waals surface area contributed by atoms with Gasteiger partial charge in [0.15, 0.2) is 0 Å². The maximum atomic E-state index is 5.19. The van der Waals surface area contributed by atoms with E-state index >= 15 is 0 Å². The SMILES string of the molecule is [CH2]CCC(=S)CCCCCCC. The van der Waals surface area contributed by atoms with Crippen LogP contribution in [-0.4, -0.2) is 4.86 Å². The van der Waals surface area contributed by atoms with Gasteiger partial charge in [-0.25, -0.2) is 0 Å². The van der Waals surface area contributed by atoms with E-state index in [2.05, 4.69) is 13.8 Å². The second-order valence-electron chi connectivity index (χ2n) is 3.31. The maximum Gasteiger partial charge on any atom is -0.00715 e. The Morgan fingerprint density at radius 1 is 1.08 bits per heavy atom. The number of hydrogen-bond donors (Lipinski definition) is 0. The molecule has 0 fully saturated rings. The molecule has 0 rings (SSSR count). The van der Waals surface area contributed by atoms with Crippen LogP contribution in [0.2, 0.25) is 0 Å². The van der Waals surface area contributed by atoms with Gasteiger partial charge in [0.2, 0.25) is 0 Å². The molecule has 0 aliphatic heterocycles. The highest BCUT2D eigenvalue weighted by molar-refractivity contribution is 7.80. The first-order chi connectivity index (χ1) is 5.81. The molecule has 12 heavy (non-hydrogen) atoms. The van der Waals surface area contributed by atoms with Crippen LogP contribution >= 0.6 is 12.2 Å². The zero-order valence-electron chi connectivity index (χ0n) is 8.27. The predicted octanol–water partition coefficient (Wildman–Crippen LogP) is 4.33. The van der Waals surface area contributed by atoms with E-state index in [0.717, 1.165) is 19.3 Å². The van der Waals surface area contributed by atoms with Crippen LogP contribution in [0.15, 0.2) is 0 Å². The number of unbranched alkanes of at least 4 members (excludes halogenated alkanes) is 4. The minimum Gasteiger partial charge on any atom is -0.0897 e. The average Bonchev–Trinajstić information content (AvgIpc) is 2.05. The molecule has 0 nitrogen and oxygen atoms in total. The summed E-state index contributed by atoms with van der Waals surface area (Å²) in [6.45, 7) is 6.04. The van der Waals surface area contributed by atoms with Gasteiger partial charge >= 0.3 is 0 Å². The van der Waals surface area contributed by atoms with Gasteiger partial charge in [0.25, 0.3) is 0 Å². The van der Waals surface area contributed by atoms with Gasteiger partial charge in [-0.3, -0.25) is 0 Å².